The Kier molecular flexibility index (Phi) is 9.90. The third-order valence-electron chi connectivity index (χ3n) is 2.13. The molecule has 0 saturated carbocycles. The van der Waals surface area contributed by atoms with E-state index in [0.717, 1.165) is 6.42 Å². The van der Waals surface area contributed by atoms with E-state index in [1.165, 1.54) is 23.4 Å². The van der Waals surface area contributed by atoms with Gasteiger partial charge in [0.05, 0.1) is 7.11 Å². The van der Waals surface area contributed by atoms with Crippen LogP contribution in [0.4, 0.5) is 0 Å². The van der Waals surface area contributed by atoms with Gasteiger partial charge in [-0.1, -0.05) is 18.2 Å². The fraction of sp³-hybridized carbons (Fsp3) is 0.462. The normalized spacial score (nSPS) is 11.2. The Morgan fingerprint density at radius 2 is 1.94 bits per heavy atom. The largest absolute Gasteiger partial charge is 0.469 e. The average molecular weight is 366 g/mol. The molecule has 0 aromatic heterocycles. The van der Waals surface area contributed by atoms with Gasteiger partial charge in [0, 0.05) is 17.1 Å². The Morgan fingerprint density at radius 1 is 1.39 bits per heavy atom. The molecule has 1 atom stereocenters. The fourth-order valence-electron chi connectivity index (χ4n) is 1.04. The molecule has 0 spiro atoms. The lowest BCUT2D eigenvalue weighted by Gasteiger charge is -2.02. The first-order valence-electron chi connectivity index (χ1n) is 5.52. The number of ether oxygens (including phenoxy) is 2. The summed E-state index contributed by atoms with van der Waals surface area (Å²) in [6.07, 6.45) is 0.595. The van der Waals surface area contributed by atoms with E-state index >= 15 is 0 Å². The molecule has 0 heterocycles. The molecule has 18 heavy (non-hydrogen) atoms. The summed E-state index contributed by atoms with van der Waals surface area (Å²) in [4.78, 5) is 10.9. The highest BCUT2D eigenvalue weighted by Crippen LogP contribution is 2.13. The first-order chi connectivity index (χ1) is 8.51. The van der Waals surface area contributed by atoms with Gasteiger partial charge in [-0.2, -0.15) is 0 Å². The van der Waals surface area contributed by atoms with E-state index in [2.05, 4.69) is 32.1 Å². The van der Waals surface area contributed by atoms with Gasteiger partial charge in [-0.05, 0) is 47.6 Å². The number of aryl methyl sites for hydroxylation is 1. The molecule has 0 aliphatic rings. The smallest absolute Gasteiger partial charge is 0.305 e. The van der Waals surface area contributed by atoms with Crippen molar-refractivity contribution in [2.75, 3.05) is 14.2 Å². The number of methoxy groups -OCH3 is 2. The molecule has 4 nitrogen and oxygen atoms in total. The molecular formula is C13H19IO4. The molecule has 0 fully saturated rings. The summed E-state index contributed by atoms with van der Waals surface area (Å²) in [5.41, 5.74) is 1.20. The summed E-state index contributed by atoms with van der Waals surface area (Å²) in [5.74, 6) is -0.153. The van der Waals surface area contributed by atoms with E-state index in [1.54, 1.807) is 6.92 Å². The van der Waals surface area contributed by atoms with E-state index in [1.807, 2.05) is 24.3 Å². The van der Waals surface area contributed by atoms with Gasteiger partial charge in [0.15, 0.2) is 6.29 Å². The molecule has 0 radical (unpaired) electrons. The van der Waals surface area contributed by atoms with Gasteiger partial charge in [0.25, 0.3) is 0 Å². The maximum Gasteiger partial charge on any atom is 0.305 e. The highest BCUT2D eigenvalue weighted by molar-refractivity contribution is 14.1. The molecule has 0 amide bonds. The number of benzene rings is 1. The molecule has 5 heteroatoms. The highest BCUT2D eigenvalue weighted by Gasteiger charge is 2.03. The minimum Gasteiger partial charge on any atom is -0.469 e. The number of aliphatic hydroxyl groups is 1. The number of hydrogen-bond donors (Lipinski definition) is 1. The second-order valence-corrected chi connectivity index (χ2v) is 4.66. The molecule has 1 aromatic rings. The zero-order valence-corrected chi connectivity index (χ0v) is 13.0. The maximum atomic E-state index is 10.9. The van der Waals surface area contributed by atoms with Crippen molar-refractivity contribution in [1.82, 2.24) is 0 Å². The third-order valence-corrected chi connectivity index (χ3v) is 3.18. The summed E-state index contributed by atoms with van der Waals surface area (Å²) in [5, 5.41) is 8.14. The number of carbonyl (C=O) groups is 1. The molecule has 0 bridgehead atoms. The molecule has 1 N–H and O–H groups in total. The summed E-state index contributed by atoms with van der Waals surface area (Å²) >= 11 is 2.27. The Morgan fingerprint density at radius 3 is 2.39 bits per heavy atom. The van der Waals surface area contributed by atoms with E-state index < -0.39 is 6.29 Å². The number of carbonyl (C=O) groups excluding carboxylic acids is 1. The van der Waals surface area contributed by atoms with Crippen molar-refractivity contribution in [2.45, 2.75) is 26.1 Å². The van der Waals surface area contributed by atoms with Crippen LogP contribution in [0.3, 0.4) is 0 Å². The molecule has 1 aromatic carbocycles. The molecule has 102 valence electrons. The van der Waals surface area contributed by atoms with Crippen LogP contribution in [0.5, 0.6) is 0 Å². The highest BCUT2D eigenvalue weighted by atomic mass is 127. The summed E-state index contributed by atoms with van der Waals surface area (Å²) in [6, 6.07) is 8.04. The van der Waals surface area contributed by atoms with Crippen molar-refractivity contribution in [3.05, 3.63) is 33.4 Å². The first-order valence-corrected chi connectivity index (χ1v) is 6.60. The van der Waals surface area contributed by atoms with Gasteiger partial charge in [-0.25, -0.2) is 0 Å². The van der Waals surface area contributed by atoms with Crippen LogP contribution in [0.1, 0.15) is 18.9 Å². The van der Waals surface area contributed by atoms with Crippen molar-refractivity contribution in [3.8, 4) is 0 Å². The van der Waals surface area contributed by atoms with Gasteiger partial charge in [-0.15, -0.1) is 0 Å². The van der Waals surface area contributed by atoms with Crippen LogP contribution >= 0.6 is 22.6 Å². The van der Waals surface area contributed by atoms with Gasteiger partial charge in [-0.3, -0.25) is 4.79 Å². The summed E-state index contributed by atoms with van der Waals surface area (Å²) < 4.78 is 10.1. The van der Waals surface area contributed by atoms with Crippen molar-refractivity contribution < 1.29 is 19.4 Å². The second kappa shape index (κ2) is 10.3. The monoisotopic (exact) mass is 366 g/mol. The van der Waals surface area contributed by atoms with Crippen molar-refractivity contribution in [1.29, 1.82) is 0 Å². The predicted molar refractivity (Wildman–Crippen MR) is 78.2 cm³/mol. The number of hydrogen-bond acceptors (Lipinski definition) is 4. The van der Waals surface area contributed by atoms with Crippen LogP contribution in [-0.4, -0.2) is 31.6 Å². The molecule has 0 aliphatic carbocycles. The number of halogens is 1. The van der Waals surface area contributed by atoms with E-state index in [4.69, 9.17) is 5.11 Å². The third kappa shape index (κ3) is 8.43. The zero-order chi connectivity index (χ0) is 14.0. The average Bonchev–Trinajstić information content (AvgIpc) is 2.38. The molecule has 0 aliphatic heterocycles. The molecule has 0 saturated heterocycles. The number of esters is 1. The van der Waals surface area contributed by atoms with Crippen molar-refractivity contribution >= 4 is 28.6 Å². The van der Waals surface area contributed by atoms with E-state index in [-0.39, 0.29) is 5.97 Å². The number of rotatable bonds is 4. The standard InChI is InChI=1S/C10H11IO2.C3H8O2/c1-13-10(12)7-6-8-4-2-3-5-9(8)11;1-3(4)5-2/h2-5H,6-7H2,1H3;3-4H,1-2H3. The minimum absolute atomic E-state index is 0.153. The first kappa shape index (κ1) is 17.3. The van der Waals surface area contributed by atoms with Crippen LogP contribution in [0.15, 0.2) is 24.3 Å². The van der Waals surface area contributed by atoms with Crippen LogP contribution in [0, 0.1) is 3.57 Å². The van der Waals surface area contributed by atoms with Crippen LogP contribution in [0.25, 0.3) is 0 Å². The quantitative estimate of drug-likeness (QED) is 0.505. The SMILES string of the molecule is COC(=O)CCc1ccccc1I.COC(C)O. The van der Waals surface area contributed by atoms with Gasteiger partial charge >= 0.3 is 5.97 Å². The van der Waals surface area contributed by atoms with E-state index in [9.17, 15) is 4.79 Å². The Bertz CT molecular complexity index is 353. The lowest BCUT2D eigenvalue weighted by atomic mass is 10.1. The van der Waals surface area contributed by atoms with E-state index in [0.29, 0.717) is 6.42 Å². The fourth-order valence-corrected chi connectivity index (χ4v) is 1.70. The maximum absolute atomic E-state index is 10.9. The molecular weight excluding hydrogens is 347 g/mol. The zero-order valence-electron chi connectivity index (χ0n) is 10.9. The Balaban J connectivity index is 0.000000494. The van der Waals surface area contributed by atoms with Crippen molar-refractivity contribution in [3.63, 3.8) is 0 Å². The molecule has 1 unspecified atom stereocenters. The van der Waals surface area contributed by atoms with Crippen LogP contribution < -0.4 is 0 Å². The van der Waals surface area contributed by atoms with Crippen molar-refractivity contribution in [2.24, 2.45) is 0 Å². The Hall–Kier alpha value is -0.660. The summed E-state index contributed by atoms with van der Waals surface area (Å²) in [6.45, 7) is 1.56. The van der Waals surface area contributed by atoms with Gasteiger partial charge < -0.3 is 14.6 Å². The number of aliphatic hydroxyl groups excluding tert-OH is 1. The predicted octanol–water partition coefficient (Wildman–Crippen LogP) is 2.37. The Labute approximate surface area is 121 Å². The van der Waals surface area contributed by atoms with Crippen LogP contribution in [-0.2, 0) is 20.7 Å². The van der Waals surface area contributed by atoms with Crippen LogP contribution in [0.2, 0.25) is 0 Å². The summed E-state index contributed by atoms with van der Waals surface area (Å²) in [7, 11) is 2.86. The second-order valence-electron chi connectivity index (χ2n) is 3.50. The minimum atomic E-state index is -0.616. The lowest BCUT2D eigenvalue weighted by molar-refractivity contribution is -0.140. The lowest BCUT2D eigenvalue weighted by Crippen LogP contribution is -2.02. The molecule has 1 rings (SSSR count). The topological polar surface area (TPSA) is 55.8 Å². The van der Waals surface area contributed by atoms with Gasteiger partial charge in [0.2, 0.25) is 0 Å². The van der Waals surface area contributed by atoms with Gasteiger partial charge in [0.1, 0.15) is 0 Å².